The first-order valence-electron chi connectivity index (χ1n) is 6.41. The van der Waals surface area contributed by atoms with E-state index in [4.69, 9.17) is 4.74 Å². The van der Waals surface area contributed by atoms with E-state index in [1.807, 2.05) is 24.9 Å². The van der Waals surface area contributed by atoms with Gasteiger partial charge >= 0.3 is 0 Å². The van der Waals surface area contributed by atoms with Crippen molar-refractivity contribution in [2.24, 2.45) is 4.99 Å². The molecule has 4 nitrogen and oxygen atoms in total. The van der Waals surface area contributed by atoms with Crippen LogP contribution in [0.1, 0.15) is 12.5 Å². The number of guanidine groups is 1. The van der Waals surface area contributed by atoms with Crippen molar-refractivity contribution in [2.75, 3.05) is 33.9 Å². The summed E-state index contributed by atoms with van der Waals surface area (Å²) in [5.41, 5.74) is 0.912. The minimum atomic E-state index is -0.217. The number of hydrogen-bond donors (Lipinski definition) is 1. The van der Waals surface area contributed by atoms with Crippen molar-refractivity contribution in [3.8, 4) is 0 Å². The van der Waals surface area contributed by atoms with E-state index in [1.165, 1.54) is 12.1 Å². The summed E-state index contributed by atoms with van der Waals surface area (Å²) in [6, 6.07) is 6.58. The fraction of sp³-hybridized carbons (Fsp3) is 0.500. The summed E-state index contributed by atoms with van der Waals surface area (Å²) in [5, 5.41) is 3.20. The number of hydrogen-bond acceptors (Lipinski definition) is 2. The quantitative estimate of drug-likeness (QED) is 0.486. The van der Waals surface area contributed by atoms with Crippen LogP contribution in [0.5, 0.6) is 0 Å². The molecule has 1 aromatic carbocycles. The molecule has 0 aliphatic carbocycles. The van der Waals surface area contributed by atoms with Crippen molar-refractivity contribution >= 4 is 5.96 Å². The number of halogens is 1. The zero-order valence-corrected chi connectivity index (χ0v) is 11.8. The summed E-state index contributed by atoms with van der Waals surface area (Å²) in [6.07, 6.45) is 0. The van der Waals surface area contributed by atoms with E-state index in [2.05, 4.69) is 10.3 Å². The second-order valence-corrected chi connectivity index (χ2v) is 4.16. The number of nitrogens with one attached hydrogen (secondary N) is 1. The van der Waals surface area contributed by atoms with Crippen LogP contribution in [-0.4, -0.2) is 44.7 Å². The molecule has 0 atom stereocenters. The van der Waals surface area contributed by atoms with Gasteiger partial charge in [-0.2, -0.15) is 0 Å². The van der Waals surface area contributed by atoms with Gasteiger partial charge in [0, 0.05) is 33.8 Å². The van der Waals surface area contributed by atoms with Crippen molar-refractivity contribution in [3.63, 3.8) is 0 Å². The highest BCUT2D eigenvalue weighted by Crippen LogP contribution is 2.06. The zero-order chi connectivity index (χ0) is 14.1. The third-order valence-corrected chi connectivity index (χ3v) is 2.62. The molecule has 5 heteroatoms. The first-order valence-corrected chi connectivity index (χ1v) is 6.41. The molecule has 19 heavy (non-hydrogen) atoms. The molecular formula is C14H22FN3O. The Kier molecular flexibility index (Phi) is 6.89. The molecule has 0 saturated carbocycles. The Morgan fingerprint density at radius 3 is 2.89 bits per heavy atom. The number of nitrogens with zero attached hydrogens (tertiary/aromatic N) is 2. The van der Waals surface area contributed by atoms with Crippen molar-refractivity contribution in [1.29, 1.82) is 0 Å². The van der Waals surface area contributed by atoms with Gasteiger partial charge < -0.3 is 15.0 Å². The molecule has 0 saturated heterocycles. The van der Waals surface area contributed by atoms with Crippen molar-refractivity contribution < 1.29 is 9.13 Å². The van der Waals surface area contributed by atoms with E-state index < -0.39 is 0 Å². The van der Waals surface area contributed by atoms with Gasteiger partial charge in [0.05, 0.1) is 6.61 Å². The summed E-state index contributed by atoms with van der Waals surface area (Å²) < 4.78 is 18.4. The molecule has 1 rings (SSSR count). The second-order valence-electron chi connectivity index (χ2n) is 4.16. The molecule has 0 aromatic heterocycles. The van der Waals surface area contributed by atoms with E-state index in [0.717, 1.165) is 11.5 Å². The van der Waals surface area contributed by atoms with Crippen molar-refractivity contribution in [3.05, 3.63) is 35.6 Å². The number of aliphatic imine (C=N–C) groups is 1. The molecule has 0 aliphatic heterocycles. The van der Waals surface area contributed by atoms with Crippen LogP contribution in [0.2, 0.25) is 0 Å². The van der Waals surface area contributed by atoms with Crippen LogP contribution >= 0.6 is 0 Å². The first-order chi connectivity index (χ1) is 9.17. The van der Waals surface area contributed by atoms with Gasteiger partial charge in [0.25, 0.3) is 0 Å². The summed E-state index contributed by atoms with van der Waals surface area (Å²) >= 11 is 0. The van der Waals surface area contributed by atoms with E-state index in [9.17, 15) is 4.39 Å². The molecule has 1 aromatic rings. The Hall–Kier alpha value is -1.62. The Bertz CT molecular complexity index is 409. The van der Waals surface area contributed by atoms with Gasteiger partial charge in [-0.25, -0.2) is 4.39 Å². The third kappa shape index (κ3) is 5.70. The van der Waals surface area contributed by atoms with Gasteiger partial charge in [-0.05, 0) is 24.6 Å². The maximum Gasteiger partial charge on any atom is 0.193 e. The molecule has 0 heterocycles. The molecule has 106 valence electrons. The highest BCUT2D eigenvalue weighted by atomic mass is 19.1. The van der Waals surface area contributed by atoms with Crippen LogP contribution < -0.4 is 5.32 Å². The Morgan fingerprint density at radius 1 is 1.47 bits per heavy atom. The molecule has 0 unspecified atom stereocenters. The molecule has 1 N–H and O–H groups in total. The van der Waals surface area contributed by atoms with Crippen LogP contribution in [0.15, 0.2) is 29.3 Å². The number of rotatable bonds is 6. The summed E-state index contributed by atoms with van der Waals surface area (Å²) in [7, 11) is 3.64. The zero-order valence-electron chi connectivity index (χ0n) is 11.8. The Balaban J connectivity index is 2.47. The van der Waals surface area contributed by atoms with Gasteiger partial charge in [0.1, 0.15) is 5.82 Å². The van der Waals surface area contributed by atoms with E-state index in [1.54, 1.807) is 13.1 Å². The average Bonchev–Trinajstić information content (AvgIpc) is 2.38. The number of ether oxygens (including phenoxy) is 1. The SMILES string of the molecule is CCOCCNC(=NC)N(C)Cc1cccc(F)c1. The molecule has 0 radical (unpaired) electrons. The van der Waals surface area contributed by atoms with Crippen LogP contribution in [-0.2, 0) is 11.3 Å². The minimum absolute atomic E-state index is 0.217. The highest BCUT2D eigenvalue weighted by Gasteiger charge is 2.06. The summed E-state index contributed by atoms with van der Waals surface area (Å²) in [6.45, 7) is 4.62. The lowest BCUT2D eigenvalue weighted by Gasteiger charge is -2.22. The van der Waals surface area contributed by atoms with E-state index >= 15 is 0 Å². The fourth-order valence-electron chi connectivity index (χ4n) is 1.75. The normalized spacial score (nSPS) is 11.5. The predicted molar refractivity (Wildman–Crippen MR) is 75.7 cm³/mol. The summed E-state index contributed by atoms with van der Waals surface area (Å²) in [4.78, 5) is 6.13. The van der Waals surface area contributed by atoms with Crippen LogP contribution in [0.25, 0.3) is 0 Å². The standard InChI is InChI=1S/C14H22FN3O/c1-4-19-9-8-17-14(16-2)18(3)11-12-6-5-7-13(15)10-12/h5-7,10H,4,8-9,11H2,1-3H3,(H,16,17). The van der Waals surface area contributed by atoms with Crippen molar-refractivity contribution in [2.45, 2.75) is 13.5 Å². The molecule has 0 aliphatic rings. The highest BCUT2D eigenvalue weighted by molar-refractivity contribution is 5.79. The molecule has 0 amide bonds. The van der Waals surface area contributed by atoms with E-state index in [-0.39, 0.29) is 5.82 Å². The van der Waals surface area contributed by atoms with Crippen LogP contribution in [0.3, 0.4) is 0 Å². The lowest BCUT2D eigenvalue weighted by Crippen LogP contribution is -2.39. The number of benzene rings is 1. The minimum Gasteiger partial charge on any atom is -0.380 e. The van der Waals surface area contributed by atoms with Gasteiger partial charge in [-0.3, -0.25) is 4.99 Å². The maximum absolute atomic E-state index is 13.1. The first kappa shape index (κ1) is 15.4. The molecule has 0 bridgehead atoms. The topological polar surface area (TPSA) is 36.9 Å². The predicted octanol–water partition coefficient (Wildman–Crippen LogP) is 1.87. The van der Waals surface area contributed by atoms with Crippen LogP contribution in [0, 0.1) is 5.82 Å². The lowest BCUT2D eigenvalue weighted by atomic mass is 10.2. The fourth-order valence-corrected chi connectivity index (χ4v) is 1.75. The van der Waals surface area contributed by atoms with Gasteiger partial charge in [0.2, 0.25) is 0 Å². The van der Waals surface area contributed by atoms with Crippen molar-refractivity contribution in [1.82, 2.24) is 10.2 Å². The maximum atomic E-state index is 13.1. The molecule has 0 spiro atoms. The van der Waals surface area contributed by atoms with Gasteiger partial charge in [-0.15, -0.1) is 0 Å². The van der Waals surface area contributed by atoms with Gasteiger partial charge in [0.15, 0.2) is 5.96 Å². The Morgan fingerprint density at radius 2 is 2.26 bits per heavy atom. The Labute approximate surface area is 114 Å². The summed E-state index contributed by atoms with van der Waals surface area (Å²) in [5.74, 6) is 0.550. The van der Waals surface area contributed by atoms with Crippen LogP contribution in [0.4, 0.5) is 4.39 Å². The third-order valence-electron chi connectivity index (χ3n) is 2.62. The second kappa shape index (κ2) is 8.48. The lowest BCUT2D eigenvalue weighted by molar-refractivity contribution is 0.152. The average molecular weight is 267 g/mol. The monoisotopic (exact) mass is 267 g/mol. The van der Waals surface area contributed by atoms with E-state index in [0.29, 0.717) is 26.3 Å². The smallest absolute Gasteiger partial charge is 0.193 e. The molecule has 0 fully saturated rings. The van der Waals surface area contributed by atoms with Gasteiger partial charge in [-0.1, -0.05) is 12.1 Å². The molecular weight excluding hydrogens is 245 g/mol. The largest absolute Gasteiger partial charge is 0.380 e.